The molecule has 0 fully saturated rings. The number of carbonyl (C=O) groups is 1. The van der Waals surface area contributed by atoms with Crippen molar-refractivity contribution in [1.29, 1.82) is 0 Å². The maximum absolute atomic E-state index is 12.4. The number of rotatable bonds is 2. The van der Waals surface area contributed by atoms with Crippen molar-refractivity contribution in [2.24, 2.45) is 0 Å². The topological polar surface area (TPSA) is 17.1 Å². The summed E-state index contributed by atoms with van der Waals surface area (Å²) in [4.78, 5) is 11.6. The van der Waals surface area contributed by atoms with Crippen LogP contribution in [0.25, 0.3) is 20.5 Å². The van der Waals surface area contributed by atoms with Crippen LogP contribution in [0.1, 0.15) is 9.67 Å². The lowest BCUT2D eigenvalue weighted by Gasteiger charge is -2.02. The van der Waals surface area contributed by atoms with Gasteiger partial charge in [0, 0.05) is 15.1 Å². The van der Waals surface area contributed by atoms with Crippen molar-refractivity contribution in [3.8, 4) is 10.4 Å². The summed E-state index contributed by atoms with van der Waals surface area (Å²) in [5, 5.41) is 2.98. The second-order valence-corrected chi connectivity index (χ2v) is 6.14. The van der Waals surface area contributed by atoms with Crippen LogP contribution >= 0.6 is 22.7 Å². The van der Waals surface area contributed by atoms with Crippen LogP contribution in [0, 0.1) is 0 Å². The molecule has 0 aliphatic rings. The van der Waals surface area contributed by atoms with Gasteiger partial charge in [-0.1, -0.05) is 18.2 Å². The van der Waals surface area contributed by atoms with Gasteiger partial charge >= 0.3 is 6.18 Å². The van der Waals surface area contributed by atoms with Crippen LogP contribution in [-0.2, 0) is 0 Å². The van der Waals surface area contributed by atoms with Gasteiger partial charge in [0.05, 0.1) is 4.88 Å². The van der Waals surface area contributed by atoms with Gasteiger partial charge in [-0.25, -0.2) is 0 Å². The summed E-state index contributed by atoms with van der Waals surface area (Å²) in [6.45, 7) is 0. The first kappa shape index (κ1) is 13.3. The molecule has 6 heteroatoms. The van der Waals surface area contributed by atoms with E-state index in [1.54, 1.807) is 6.07 Å². The summed E-state index contributed by atoms with van der Waals surface area (Å²) in [6.07, 6.45) is -4.82. The van der Waals surface area contributed by atoms with Gasteiger partial charge in [-0.05, 0) is 29.0 Å². The first-order valence-electron chi connectivity index (χ1n) is 5.65. The molecule has 0 saturated heterocycles. The van der Waals surface area contributed by atoms with E-state index in [1.807, 2.05) is 29.6 Å². The van der Waals surface area contributed by atoms with Crippen LogP contribution in [0.5, 0.6) is 0 Å². The van der Waals surface area contributed by atoms with Crippen LogP contribution in [0.3, 0.4) is 0 Å². The molecular formula is C14H7F3OS2. The minimum Gasteiger partial charge on any atom is -0.283 e. The van der Waals surface area contributed by atoms with Gasteiger partial charge in [-0.2, -0.15) is 13.2 Å². The van der Waals surface area contributed by atoms with E-state index in [-0.39, 0.29) is 4.88 Å². The number of Topliss-reactive ketones (excluding diaryl/α,β-unsaturated/α-hetero) is 1. The normalized spacial score (nSPS) is 11.9. The van der Waals surface area contributed by atoms with Gasteiger partial charge in [0.2, 0.25) is 0 Å². The smallest absolute Gasteiger partial charge is 0.283 e. The summed E-state index contributed by atoms with van der Waals surface area (Å²) in [5.74, 6) is -1.79. The van der Waals surface area contributed by atoms with Crippen LogP contribution in [0.2, 0.25) is 0 Å². The lowest BCUT2D eigenvalue weighted by Crippen LogP contribution is -2.21. The number of hydrogen-bond donors (Lipinski definition) is 0. The van der Waals surface area contributed by atoms with Crippen molar-refractivity contribution in [3.05, 3.63) is 46.7 Å². The molecule has 0 radical (unpaired) electrons. The average molecular weight is 312 g/mol. The highest BCUT2D eigenvalue weighted by Crippen LogP contribution is 2.37. The molecule has 3 aromatic rings. The van der Waals surface area contributed by atoms with E-state index in [1.165, 1.54) is 17.4 Å². The number of fused-ring (bicyclic) bond motifs is 1. The lowest BCUT2D eigenvalue weighted by atomic mass is 10.1. The number of hydrogen-bond acceptors (Lipinski definition) is 3. The van der Waals surface area contributed by atoms with Gasteiger partial charge in [0.15, 0.2) is 0 Å². The zero-order chi connectivity index (χ0) is 14.3. The molecule has 0 N–H and O–H groups in total. The van der Waals surface area contributed by atoms with Crippen molar-refractivity contribution in [2.45, 2.75) is 6.18 Å². The van der Waals surface area contributed by atoms with E-state index in [0.717, 1.165) is 27.0 Å². The molecule has 0 spiro atoms. The van der Waals surface area contributed by atoms with Crippen molar-refractivity contribution in [2.75, 3.05) is 0 Å². The predicted molar refractivity (Wildman–Crippen MR) is 75.5 cm³/mol. The zero-order valence-corrected chi connectivity index (χ0v) is 11.5. The molecule has 0 atom stereocenters. The summed E-state index contributed by atoms with van der Waals surface area (Å²) in [5.41, 5.74) is 0.865. The van der Waals surface area contributed by atoms with E-state index in [2.05, 4.69) is 0 Å². The number of alkyl halides is 3. The van der Waals surface area contributed by atoms with Gasteiger partial charge < -0.3 is 0 Å². The number of carbonyl (C=O) groups excluding carboxylic acids is 1. The maximum atomic E-state index is 12.4. The average Bonchev–Trinajstić information content (AvgIpc) is 3.05. The monoisotopic (exact) mass is 312 g/mol. The van der Waals surface area contributed by atoms with Gasteiger partial charge in [-0.3, -0.25) is 4.79 Å². The third-order valence-corrected chi connectivity index (χ3v) is 4.91. The fourth-order valence-electron chi connectivity index (χ4n) is 1.93. The Balaban J connectivity index is 2.07. The Bertz CT molecular complexity index is 783. The van der Waals surface area contributed by atoms with E-state index in [4.69, 9.17) is 0 Å². The van der Waals surface area contributed by atoms with E-state index < -0.39 is 12.0 Å². The highest BCUT2D eigenvalue weighted by atomic mass is 32.1. The molecule has 0 bridgehead atoms. The molecule has 0 aliphatic heterocycles. The van der Waals surface area contributed by atoms with Crippen molar-refractivity contribution in [3.63, 3.8) is 0 Å². The fraction of sp³-hybridized carbons (Fsp3) is 0.0714. The predicted octanol–water partition coefficient (Wildman–Crippen LogP) is 5.37. The third-order valence-electron chi connectivity index (χ3n) is 2.83. The zero-order valence-electron chi connectivity index (χ0n) is 9.90. The van der Waals surface area contributed by atoms with Crippen LogP contribution in [0.15, 0.2) is 41.8 Å². The second kappa shape index (κ2) is 4.71. The molecule has 1 nitrogen and oxygen atoms in total. The molecular weight excluding hydrogens is 305 g/mol. The van der Waals surface area contributed by atoms with Crippen LogP contribution < -0.4 is 0 Å². The first-order valence-corrected chi connectivity index (χ1v) is 7.34. The summed E-state index contributed by atoms with van der Waals surface area (Å²) >= 11 is 2.41. The summed E-state index contributed by atoms with van der Waals surface area (Å²) in [7, 11) is 0. The molecule has 1 aromatic carbocycles. The molecule has 3 rings (SSSR count). The number of ketones is 1. The van der Waals surface area contributed by atoms with Crippen molar-refractivity contribution in [1.82, 2.24) is 0 Å². The highest BCUT2D eigenvalue weighted by Gasteiger charge is 2.40. The van der Waals surface area contributed by atoms with E-state index >= 15 is 0 Å². The molecule has 0 aliphatic carbocycles. The Hall–Kier alpha value is -1.66. The Morgan fingerprint density at radius 3 is 2.60 bits per heavy atom. The Morgan fingerprint density at radius 2 is 1.85 bits per heavy atom. The fourth-order valence-corrected chi connectivity index (χ4v) is 3.92. The molecule has 2 aromatic heterocycles. The SMILES string of the molecule is O=C(c1ccc(-c2cccc3ccsc23)s1)C(F)(F)F. The number of benzene rings is 1. The van der Waals surface area contributed by atoms with Crippen molar-refractivity contribution >= 4 is 38.5 Å². The number of thiophene rings is 2. The Kier molecular flexibility index (Phi) is 3.14. The van der Waals surface area contributed by atoms with Gasteiger partial charge in [-0.15, -0.1) is 22.7 Å². The van der Waals surface area contributed by atoms with Crippen LogP contribution in [0.4, 0.5) is 13.2 Å². The quantitative estimate of drug-likeness (QED) is 0.581. The molecule has 0 saturated carbocycles. The second-order valence-electron chi connectivity index (χ2n) is 4.14. The Morgan fingerprint density at radius 1 is 1.05 bits per heavy atom. The van der Waals surface area contributed by atoms with E-state index in [0.29, 0.717) is 4.88 Å². The third kappa shape index (κ3) is 2.25. The molecule has 102 valence electrons. The molecule has 2 heterocycles. The minimum absolute atomic E-state index is 0.277. The van der Waals surface area contributed by atoms with Gasteiger partial charge in [0.1, 0.15) is 0 Å². The molecule has 0 unspecified atom stereocenters. The van der Waals surface area contributed by atoms with E-state index in [9.17, 15) is 18.0 Å². The first-order chi connectivity index (χ1) is 9.47. The molecule has 0 amide bonds. The van der Waals surface area contributed by atoms with Gasteiger partial charge in [0.25, 0.3) is 5.78 Å². The lowest BCUT2D eigenvalue weighted by molar-refractivity contribution is -0.0882. The maximum Gasteiger partial charge on any atom is 0.455 e. The van der Waals surface area contributed by atoms with Crippen molar-refractivity contribution < 1.29 is 18.0 Å². The summed E-state index contributed by atoms with van der Waals surface area (Å²) in [6, 6.07) is 10.4. The molecule has 20 heavy (non-hydrogen) atoms. The largest absolute Gasteiger partial charge is 0.455 e. The standard InChI is InChI=1S/C14H7F3OS2/c15-14(16,17)13(18)11-5-4-10(20-11)9-3-1-2-8-6-7-19-12(8)9/h1-7H. The Labute approximate surface area is 120 Å². The number of halogens is 3. The summed E-state index contributed by atoms with van der Waals surface area (Å²) < 4.78 is 38.2. The highest BCUT2D eigenvalue weighted by molar-refractivity contribution is 7.20. The van der Waals surface area contributed by atoms with Crippen LogP contribution in [-0.4, -0.2) is 12.0 Å². The minimum atomic E-state index is -4.82.